The Morgan fingerprint density at radius 2 is 0.942 bits per heavy atom. The molecule has 0 atom stereocenters. The maximum absolute atomic E-state index is 9.54. The number of nitrogens with zero attached hydrogens (tertiary/aromatic N) is 4. The van der Waals surface area contributed by atoms with Gasteiger partial charge in [0.25, 0.3) is 0 Å². The highest BCUT2D eigenvalue weighted by molar-refractivity contribution is 5.97. The van der Waals surface area contributed by atoms with Gasteiger partial charge < -0.3 is 4.74 Å². The smallest absolute Gasteiger partial charge is 0.164 e. The summed E-state index contributed by atoms with van der Waals surface area (Å²) in [5, 5.41) is 9.54. The number of ether oxygens (including phenoxy) is 1. The lowest BCUT2D eigenvalue weighted by atomic mass is 9.66. The van der Waals surface area contributed by atoms with Crippen molar-refractivity contribution in [2.24, 2.45) is 0 Å². The fraction of sp³-hybridized carbons (Fsp3) is 0.0213. The molecule has 5 heteroatoms. The molecule has 0 saturated carbocycles. The number of fused-ring (bicyclic) bond motifs is 9. The van der Waals surface area contributed by atoms with Crippen molar-refractivity contribution >= 4 is 0 Å². The molecule has 0 fully saturated rings. The minimum atomic E-state index is -0.688. The molecule has 52 heavy (non-hydrogen) atoms. The summed E-state index contributed by atoms with van der Waals surface area (Å²) in [4.78, 5) is 15.2. The van der Waals surface area contributed by atoms with E-state index in [1.54, 1.807) is 0 Å². The summed E-state index contributed by atoms with van der Waals surface area (Å²) in [6.07, 6.45) is 0. The molecule has 242 valence electrons. The van der Waals surface area contributed by atoms with E-state index in [1.165, 1.54) is 5.56 Å². The number of aromatic nitrogens is 3. The SMILES string of the molecule is N#Cc1ccc(-c2cccc3c2-c2ccc(-c4nc(-c5ccccc5)nc(-c5ccccc5)n4)cc2C32c3ccccc3Oc3ccccc32)cc1. The summed E-state index contributed by atoms with van der Waals surface area (Å²) in [6.45, 7) is 0. The number of para-hydroxylation sites is 2. The summed E-state index contributed by atoms with van der Waals surface area (Å²) in [7, 11) is 0. The molecule has 1 aromatic heterocycles. The molecular weight excluding hydrogens is 637 g/mol. The van der Waals surface area contributed by atoms with Gasteiger partial charge in [0.1, 0.15) is 11.5 Å². The normalized spacial score (nSPS) is 12.9. The Morgan fingerprint density at radius 3 is 1.54 bits per heavy atom. The van der Waals surface area contributed by atoms with E-state index in [9.17, 15) is 5.26 Å². The predicted octanol–water partition coefficient (Wildman–Crippen LogP) is 10.9. The van der Waals surface area contributed by atoms with Crippen LogP contribution in [0.5, 0.6) is 11.5 Å². The average molecular weight is 665 g/mol. The van der Waals surface area contributed by atoms with Gasteiger partial charge in [-0.3, -0.25) is 0 Å². The fourth-order valence-electron chi connectivity index (χ4n) is 7.99. The highest BCUT2D eigenvalue weighted by atomic mass is 16.5. The fourth-order valence-corrected chi connectivity index (χ4v) is 7.99. The zero-order chi connectivity index (χ0) is 34.6. The van der Waals surface area contributed by atoms with Crippen molar-refractivity contribution in [3.8, 4) is 74.0 Å². The van der Waals surface area contributed by atoms with Crippen LogP contribution in [0.25, 0.3) is 56.4 Å². The number of rotatable bonds is 4. The van der Waals surface area contributed by atoms with Crippen molar-refractivity contribution in [3.05, 3.63) is 198 Å². The summed E-state index contributed by atoms with van der Waals surface area (Å²) >= 11 is 0. The molecule has 0 bridgehead atoms. The molecule has 7 aromatic carbocycles. The van der Waals surface area contributed by atoms with Crippen LogP contribution in [0.15, 0.2) is 170 Å². The third kappa shape index (κ3) is 4.45. The Balaban J connectivity index is 1.28. The van der Waals surface area contributed by atoms with E-state index >= 15 is 0 Å². The molecule has 10 rings (SSSR count). The van der Waals surface area contributed by atoms with Gasteiger partial charge in [0.15, 0.2) is 17.5 Å². The second-order valence-corrected chi connectivity index (χ2v) is 13.1. The molecule has 0 unspecified atom stereocenters. The van der Waals surface area contributed by atoms with Crippen LogP contribution in [-0.2, 0) is 5.41 Å². The second kappa shape index (κ2) is 11.7. The van der Waals surface area contributed by atoms with E-state index in [0.717, 1.165) is 67.1 Å². The molecular formula is C47H28N4O. The molecule has 2 aliphatic rings. The van der Waals surface area contributed by atoms with Gasteiger partial charge in [0, 0.05) is 27.8 Å². The number of benzene rings is 7. The van der Waals surface area contributed by atoms with Crippen LogP contribution >= 0.6 is 0 Å². The highest BCUT2D eigenvalue weighted by Crippen LogP contribution is 2.63. The van der Waals surface area contributed by atoms with E-state index in [-0.39, 0.29) is 0 Å². The molecule has 5 nitrogen and oxygen atoms in total. The summed E-state index contributed by atoms with van der Waals surface area (Å²) < 4.78 is 6.62. The number of hydrogen-bond acceptors (Lipinski definition) is 5. The highest BCUT2D eigenvalue weighted by Gasteiger charge is 2.51. The van der Waals surface area contributed by atoms with Gasteiger partial charge in [-0.15, -0.1) is 0 Å². The standard InChI is InChI=1S/C47H28N4O/c48-29-30-22-24-31(25-23-30)35-16-11-19-39-43(35)36-27-26-34(28-40(36)47(39)37-17-7-9-20-41(37)52-42-21-10-8-18-38(42)47)46-50-44(32-12-3-1-4-13-32)49-45(51-46)33-14-5-2-6-15-33/h1-28H. The van der Waals surface area contributed by atoms with Gasteiger partial charge in [-0.2, -0.15) is 5.26 Å². The third-order valence-electron chi connectivity index (χ3n) is 10.2. The topological polar surface area (TPSA) is 71.7 Å². The molecule has 0 radical (unpaired) electrons. The van der Waals surface area contributed by atoms with E-state index in [0.29, 0.717) is 23.0 Å². The summed E-state index contributed by atoms with van der Waals surface area (Å²) in [6, 6.07) is 60.2. The van der Waals surface area contributed by atoms with Crippen LogP contribution in [0.1, 0.15) is 27.8 Å². The zero-order valence-corrected chi connectivity index (χ0v) is 27.9. The van der Waals surface area contributed by atoms with Crippen LogP contribution < -0.4 is 4.74 Å². The van der Waals surface area contributed by atoms with Gasteiger partial charge >= 0.3 is 0 Å². The lowest BCUT2D eigenvalue weighted by Gasteiger charge is -2.39. The van der Waals surface area contributed by atoms with Gasteiger partial charge in [-0.25, -0.2) is 15.0 Å². The van der Waals surface area contributed by atoms with Crippen molar-refractivity contribution in [1.29, 1.82) is 5.26 Å². The van der Waals surface area contributed by atoms with Crippen molar-refractivity contribution in [1.82, 2.24) is 15.0 Å². The van der Waals surface area contributed by atoms with Crippen molar-refractivity contribution in [2.45, 2.75) is 5.41 Å². The Hall–Kier alpha value is -7.16. The summed E-state index contributed by atoms with van der Waals surface area (Å²) in [5.74, 6) is 3.49. The van der Waals surface area contributed by atoms with Gasteiger partial charge in [0.2, 0.25) is 0 Å². The molecule has 8 aromatic rings. The first-order valence-electron chi connectivity index (χ1n) is 17.3. The molecule has 0 saturated heterocycles. The van der Waals surface area contributed by atoms with E-state index < -0.39 is 5.41 Å². The monoisotopic (exact) mass is 664 g/mol. The zero-order valence-electron chi connectivity index (χ0n) is 27.9. The maximum Gasteiger partial charge on any atom is 0.164 e. The van der Waals surface area contributed by atoms with E-state index in [2.05, 4.69) is 78.9 Å². The number of nitriles is 1. The Kier molecular flexibility index (Phi) is 6.70. The molecule has 1 aliphatic heterocycles. The number of hydrogen-bond donors (Lipinski definition) is 0. The quantitative estimate of drug-likeness (QED) is 0.187. The maximum atomic E-state index is 9.54. The van der Waals surface area contributed by atoms with Crippen LogP contribution in [0.4, 0.5) is 0 Å². The summed E-state index contributed by atoms with van der Waals surface area (Å²) in [5.41, 5.74) is 11.6. The van der Waals surface area contributed by atoms with Crippen LogP contribution in [0.3, 0.4) is 0 Å². The minimum absolute atomic E-state index is 0.600. The van der Waals surface area contributed by atoms with Gasteiger partial charge in [-0.1, -0.05) is 140 Å². The van der Waals surface area contributed by atoms with Gasteiger partial charge in [0.05, 0.1) is 17.0 Å². The van der Waals surface area contributed by atoms with Crippen LogP contribution in [-0.4, -0.2) is 15.0 Å². The first-order valence-corrected chi connectivity index (χ1v) is 17.3. The second-order valence-electron chi connectivity index (χ2n) is 13.1. The van der Waals surface area contributed by atoms with Crippen molar-refractivity contribution < 1.29 is 4.74 Å². The Labute approximate surface area is 301 Å². The average Bonchev–Trinajstić information content (AvgIpc) is 3.51. The predicted molar refractivity (Wildman–Crippen MR) is 204 cm³/mol. The molecule has 1 aliphatic carbocycles. The van der Waals surface area contributed by atoms with Crippen molar-refractivity contribution in [2.75, 3.05) is 0 Å². The largest absolute Gasteiger partial charge is 0.457 e. The lowest BCUT2D eigenvalue weighted by Crippen LogP contribution is -2.32. The first kappa shape index (κ1) is 29.7. The molecule has 0 amide bonds. The Bertz CT molecular complexity index is 2610. The van der Waals surface area contributed by atoms with Crippen molar-refractivity contribution in [3.63, 3.8) is 0 Å². The van der Waals surface area contributed by atoms with E-state index in [4.69, 9.17) is 19.7 Å². The van der Waals surface area contributed by atoms with Crippen LogP contribution in [0, 0.1) is 11.3 Å². The first-order chi connectivity index (χ1) is 25.7. The minimum Gasteiger partial charge on any atom is -0.457 e. The Morgan fingerprint density at radius 1 is 0.423 bits per heavy atom. The van der Waals surface area contributed by atoms with Crippen LogP contribution in [0.2, 0.25) is 0 Å². The third-order valence-corrected chi connectivity index (χ3v) is 10.2. The lowest BCUT2D eigenvalue weighted by molar-refractivity contribution is 0.436. The van der Waals surface area contributed by atoms with E-state index in [1.807, 2.05) is 97.1 Å². The molecule has 0 N–H and O–H groups in total. The molecule has 1 spiro atoms. The van der Waals surface area contributed by atoms with Gasteiger partial charge in [-0.05, 0) is 63.7 Å². The molecule has 2 heterocycles.